The van der Waals surface area contributed by atoms with Gasteiger partial charge in [0, 0.05) is 12.6 Å². The van der Waals surface area contributed by atoms with Crippen molar-refractivity contribution in [3.8, 4) is 17.6 Å². The summed E-state index contributed by atoms with van der Waals surface area (Å²) in [7, 11) is 3.27. The standard InChI is InChI=1S/C22H21N3O3/c1-26-18-9-6-16(7-10-18)12-13-24-22-20(15-23)25-21(28-22)11-8-17-4-3-5-19(14-17)27-2/h3-11,14,24H,12-13H2,1-2H3. The van der Waals surface area contributed by atoms with Gasteiger partial charge >= 0.3 is 0 Å². The van der Waals surface area contributed by atoms with Gasteiger partial charge in [-0.3, -0.25) is 0 Å². The molecule has 0 aliphatic heterocycles. The Hall–Kier alpha value is -3.72. The van der Waals surface area contributed by atoms with Crippen LogP contribution in [-0.4, -0.2) is 25.7 Å². The minimum absolute atomic E-state index is 0.236. The summed E-state index contributed by atoms with van der Waals surface area (Å²) >= 11 is 0. The lowest BCUT2D eigenvalue weighted by Crippen LogP contribution is -2.05. The second-order valence-corrected chi connectivity index (χ2v) is 5.98. The number of methoxy groups -OCH3 is 2. The zero-order valence-corrected chi connectivity index (χ0v) is 15.8. The highest BCUT2D eigenvalue weighted by atomic mass is 16.5. The topological polar surface area (TPSA) is 80.3 Å². The van der Waals surface area contributed by atoms with E-state index in [0.717, 1.165) is 29.0 Å². The molecular formula is C22H21N3O3. The SMILES string of the molecule is COc1ccc(CCNc2oc(C=Cc3cccc(OC)c3)nc2C#N)cc1. The first-order valence-electron chi connectivity index (χ1n) is 8.81. The van der Waals surface area contributed by atoms with E-state index in [-0.39, 0.29) is 5.69 Å². The number of benzene rings is 2. The van der Waals surface area contributed by atoms with Gasteiger partial charge in [0.05, 0.1) is 14.2 Å². The maximum atomic E-state index is 9.29. The molecule has 0 bridgehead atoms. The van der Waals surface area contributed by atoms with E-state index in [2.05, 4.69) is 16.4 Å². The van der Waals surface area contributed by atoms with Crippen LogP contribution in [0.25, 0.3) is 12.2 Å². The molecule has 2 aromatic carbocycles. The Bertz CT molecular complexity index is 985. The zero-order chi connectivity index (χ0) is 19.8. The summed E-state index contributed by atoms with van der Waals surface area (Å²) < 4.78 is 16.0. The molecule has 0 spiro atoms. The van der Waals surface area contributed by atoms with Crippen molar-refractivity contribution in [1.29, 1.82) is 5.26 Å². The molecule has 0 unspecified atom stereocenters. The van der Waals surface area contributed by atoms with Crippen LogP contribution < -0.4 is 14.8 Å². The van der Waals surface area contributed by atoms with Gasteiger partial charge in [-0.05, 0) is 47.9 Å². The van der Waals surface area contributed by atoms with Crippen molar-refractivity contribution in [3.05, 3.63) is 71.2 Å². The average molecular weight is 375 g/mol. The summed E-state index contributed by atoms with van der Waals surface area (Å²) in [6.07, 6.45) is 4.37. The molecule has 3 rings (SSSR count). The summed E-state index contributed by atoms with van der Waals surface area (Å²) in [5.74, 6) is 2.34. The van der Waals surface area contributed by atoms with Crippen LogP contribution >= 0.6 is 0 Å². The molecule has 142 valence electrons. The van der Waals surface area contributed by atoms with Crippen LogP contribution in [0, 0.1) is 11.3 Å². The first-order chi connectivity index (χ1) is 13.7. The first kappa shape index (κ1) is 19.1. The van der Waals surface area contributed by atoms with Gasteiger partial charge < -0.3 is 19.2 Å². The highest BCUT2D eigenvalue weighted by Gasteiger charge is 2.11. The molecule has 0 aliphatic rings. The van der Waals surface area contributed by atoms with Gasteiger partial charge in [0.25, 0.3) is 0 Å². The number of ether oxygens (including phenoxy) is 2. The van der Waals surface area contributed by atoms with Gasteiger partial charge in [0.1, 0.15) is 17.6 Å². The van der Waals surface area contributed by atoms with Crippen molar-refractivity contribution in [1.82, 2.24) is 4.98 Å². The van der Waals surface area contributed by atoms with E-state index in [9.17, 15) is 5.26 Å². The number of oxazole rings is 1. The minimum Gasteiger partial charge on any atom is -0.497 e. The number of nitrogens with zero attached hydrogens (tertiary/aromatic N) is 2. The third kappa shape index (κ3) is 4.92. The average Bonchev–Trinajstić information content (AvgIpc) is 3.15. The second kappa shape index (κ2) is 9.28. The van der Waals surface area contributed by atoms with Gasteiger partial charge in [-0.2, -0.15) is 10.2 Å². The van der Waals surface area contributed by atoms with Gasteiger partial charge in [-0.15, -0.1) is 0 Å². The van der Waals surface area contributed by atoms with E-state index < -0.39 is 0 Å². The Morgan fingerprint density at radius 1 is 1.07 bits per heavy atom. The normalized spacial score (nSPS) is 10.6. The highest BCUT2D eigenvalue weighted by molar-refractivity contribution is 5.67. The lowest BCUT2D eigenvalue weighted by atomic mass is 10.1. The monoisotopic (exact) mass is 375 g/mol. The van der Waals surface area contributed by atoms with Crippen LogP contribution in [0.1, 0.15) is 22.7 Å². The highest BCUT2D eigenvalue weighted by Crippen LogP contribution is 2.20. The Morgan fingerprint density at radius 3 is 2.57 bits per heavy atom. The zero-order valence-electron chi connectivity index (χ0n) is 15.8. The largest absolute Gasteiger partial charge is 0.497 e. The lowest BCUT2D eigenvalue weighted by Gasteiger charge is -2.04. The summed E-state index contributed by atoms with van der Waals surface area (Å²) in [5.41, 5.74) is 2.34. The molecule has 0 saturated heterocycles. The second-order valence-electron chi connectivity index (χ2n) is 5.98. The van der Waals surface area contributed by atoms with Crippen molar-refractivity contribution in [2.45, 2.75) is 6.42 Å². The third-order valence-electron chi connectivity index (χ3n) is 4.12. The quantitative estimate of drug-likeness (QED) is 0.629. The van der Waals surface area contributed by atoms with Gasteiger partial charge in [0.15, 0.2) is 0 Å². The molecule has 1 heterocycles. The van der Waals surface area contributed by atoms with Crippen molar-refractivity contribution >= 4 is 18.0 Å². The number of anilines is 1. The Labute approximate surface area is 164 Å². The third-order valence-corrected chi connectivity index (χ3v) is 4.12. The number of hydrogen-bond donors (Lipinski definition) is 1. The Balaban J connectivity index is 1.63. The Kier molecular flexibility index (Phi) is 6.32. The summed E-state index contributed by atoms with van der Waals surface area (Å²) in [6, 6.07) is 17.5. The molecule has 0 saturated carbocycles. The molecule has 0 fully saturated rings. The van der Waals surface area contributed by atoms with Crippen molar-refractivity contribution in [2.75, 3.05) is 26.1 Å². The maximum absolute atomic E-state index is 9.29. The molecular weight excluding hydrogens is 354 g/mol. The fraction of sp³-hybridized carbons (Fsp3) is 0.182. The van der Waals surface area contributed by atoms with Crippen LogP contribution in [0.5, 0.6) is 11.5 Å². The molecule has 3 aromatic rings. The molecule has 1 N–H and O–H groups in total. The number of aromatic nitrogens is 1. The molecule has 1 aromatic heterocycles. The van der Waals surface area contributed by atoms with E-state index in [0.29, 0.717) is 18.3 Å². The molecule has 0 aliphatic carbocycles. The fourth-order valence-electron chi connectivity index (χ4n) is 2.63. The fourth-order valence-corrected chi connectivity index (χ4v) is 2.63. The smallest absolute Gasteiger partial charge is 0.232 e. The molecule has 6 nitrogen and oxygen atoms in total. The first-order valence-corrected chi connectivity index (χ1v) is 8.81. The number of nitrogens with one attached hydrogen (secondary N) is 1. The van der Waals surface area contributed by atoms with Crippen LogP contribution in [0.2, 0.25) is 0 Å². The van der Waals surface area contributed by atoms with Crippen LogP contribution in [0.3, 0.4) is 0 Å². The molecule has 28 heavy (non-hydrogen) atoms. The van der Waals surface area contributed by atoms with Crippen LogP contribution in [0.4, 0.5) is 5.88 Å². The molecule has 6 heteroatoms. The Morgan fingerprint density at radius 2 is 1.86 bits per heavy atom. The van der Waals surface area contributed by atoms with Gasteiger partial charge in [0.2, 0.25) is 17.5 Å². The van der Waals surface area contributed by atoms with E-state index in [1.165, 1.54) is 0 Å². The van der Waals surface area contributed by atoms with Gasteiger partial charge in [-0.1, -0.05) is 24.3 Å². The number of rotatable bonds is 8. The van der Waals surface area contributed by atoms with Gasteiger partial charge in [-0.25, -0.2) is 0 Å². The summed E-state index contributed by atoms with van der Waals surface area (Å²) in [4.78, 5) is 4.21. The van der Waals surface area contributed by atoms with E-state index in [4.69, 9.17) is 13.9 Å². The van der Waals surface area contributed by atoms with Crippen LogP contribution in [-0.2, 0) is 6.42 Å². The molecule has 0 radical (unpaired) electrons. The van der Waals surface area contributed by atoms with Crippen LogP contribution in [0.15, 0.2) is 52.9 Å². The van der Waals surface area contributed by atoms with Crippen molar-refractivity contribution < 1.29 is 13.9 Å². The van der Waals surface area contributed by atoms with E-state index >= 15 is 0 Å². The predicted octanol–water partition coefficient (Wildman–Crippen LogP) is 4.39. The number of nitriles is 1. The van der Waals surface area contributed by atoms with E-state index in [1.807, 2.05) is 54.6 Å². The molecule has 0 amide bonds. The number of hydrogen-bond acceptors (Lipinski definition) is 6. The maximum Gasteiger partial charge on any atom is 0.232 e. The predicted molar refractivity (Wildman–Crippen MR) is 108 cm³/mol. The molecule has 0 atom stereocenters. The summed E-state index contributed by atoms with van der Waals surface area (Å²) in [5, 5.41) is 12.4. The lowest BCUT2D eigenvalue weighted by molar-refractivity contribution is 0.414. The summed E-state index contributed by atoms with van der Waals surface area (Å²) in [6.45, 7) is 0.620. The van der Waals surface area contributed by atoms with Crippen molar-refractivity contribution in [3.63, 3.8) is 0 Å². The minimum atomic E-state index is 0.236. The van der Waals surface area contributed by atoms with Crippen molar-refractivity contribution in [2.24, 2.45) is 0 Å². The van der Waals surface area contributed by atoms with E-state index in [1.54, 1.807) is 20.3 Å².